The van der Waals surface area contributed by atoms with Crippen molar-refractivity contribution in [3.8, 4) is 0 Å². The van der Waals surface area contributed by atoms with E-state index in [0.29, 0.717) is 13.0 Å². The molecule has 20 heavy (non-hydrogen) atoms. The van der Waals surface area contributed by atoms with Gasteiger partial charge in [-0.05, 0) is 31.2 Å². The Morgan fingerprint density at radius 3 is 2.25 bits per heavy atom. The molecule has 0 N–H and O–H groups in total. The molecule has 0 saturated carbocycles. The van der Waals surface area contributed by atoms with Gasteiger partial charge in [0.1, 0.15) is 5.82 Å². The number of ketones is 1. The van der Waals surface area contributed by atoms with Gasteiger partial charge in [-0.2, -0.15) is 0 Å². The van der Waals surface area contributed by atoms with Crippen LogP contribution in [0.4, 0.5) is 10.1 Å². The minimum atomic E-state index is -0.252. The van der Waals surface area contributed by atoms with Crippen LogP contribution in [0.3, 0.4) is 0 Å². The maximum atomic E-state index is 12.8. The number of hydrogen-bond acceptors (Lipinski definition) is 2. The number of benzene rings is 2. The summed E-state index contributed by atoms with van der Waals surface area (Å²) in [6.07, 6.45) is 0.441. The monoisotopic (exact) mass is 271 g/mol. The molecule has 0 spiro atoms. The van der Waals surface area contributed by atoms with Crippen LogP contribution >= 0.6 is 0 Å². The zero-order chi connectivity index (χ0) is 14.5. The van der Waals surface area contributed by atoms with Gasteiger partial charge in [-0.1, -0.05) is 29.8 Å². The second-order valence-electron chi connectivity index (χ2n) is 4.94. The molecule has 0 saturated heterocycles. The predicted molar refractivity (Wildman–Crippen MR) is 79.8 cm³/mol. The zero-order valence-corrected chi connectivity index (χ0v) is 11.8. The lowest BCUT2D eigenvalue weighted by Gasteiger charge is -2.18. The molecule has 0 aliphatic heterocycles. The van der Waals surface area contributed by atoms with Gasteiger partial charge in [0.15, 0.2) is 5.78 Å². The van der Waals surface area contributed by atoms with Crippen molar-refractivity contribution in [1.29, 1.82) is 0 Å². The number of carbonyl (C=O) groups is 1. The van der Waals surface area contributed by atoms with Crippen molar-refractivity contribution in [2.45, 2.75) is 13.3 Å². The standard InChI is InChI=1S/C17H18FNO/c1-13-3-5-14(6-4-13)17(20)11-12-19(2)16-9-7-15(18)8-10-16/h3-10H,11-12H2,1-2H3. The van der Waals surface area contributed by atoms with Crippen LogP contribution in [-0.2, 0) is 0 Å². The summed E-state index contributed by atoms with van der Waals surface area (Å²) in [6.45, 7) is 2.61. The molecule has 104 valence electrons. The topological polar surface area (TPSA) is 20.3 Å². The first-order valence-corrected chi connectivity index (χ1v) is 6.63. The van der Waals surface area contributed by atoms with E-state index in [4.69, 9.17) is 0 Å². The van der Waals surface area contributed by atoms with Gasteiger partial charge in [-0.25, -0.2) is 4.39 Å². The van der Waals surface area contributed by atoms with Gasteiger partial charge in [0.05, 0.1) is 0 Å². The summed E-state index contributed by atoms with van der Waals surface area (Å²) >= 11 is 0. The Bertz CT molecular complexity index is 575. The Morgan fingerprint density at radius 1 is 1.05 bits per heavy atom. The maximum absolute atomic E-state index is 12.8. The predicted octanol–water partition coefficient (Wildman–Crippen LogP) is 3.84. The van der Waals surface area contributed by atoms with Crippen LogP contribution in [-0.4, -0.2) is 19.4 Å². The Balaban J connectivity index is 1.92. The van der Waals surface area contributed by atoms with Gasteiger partial charge in [-0.15, -0.1) is 0 Å². The fourth-order valence-electron chi connectivity index (χ4n) is 1.98. The Hall–Kier alpha value is -2.16. The molecular formula is C17H18FNO. The highest BCUT2D eigenvalue weighted by Gasteiger charge is 2.08. The van der Waals surface area contributed by atoms with Gasteiger partial charge in [0, 0.05) is 31.3 Å². The smallest absolute Gasteiger partial charge is 0.164 e. The van der Waals surface area contributed by atoms with E-state index < -0.39 is 0 Å². The molecule has 0 aromatic heterocycles. The zero-order valence-electron chi connectivity index (χ0n) is 11.8. The minimum Gasteiger partial charge on any atom is -0.374 e. The normalized spacial score (nSPS) is 10.3. The summed E-state index contributed by atoms with van der Waals surface area (Å²) in [5.41, 5.74) is 2.79. The SMILES string of the molecule is Cc1ccc(C(=O)CCN(C)c2ccc(F)cc2)cc1. The van der Waals surface area contributed by atoms with Crippen molar-refractivity contribution in [1.82, 2.24) is 0 Å². The van der Waals surface area contributed by atoms with E-state index in [-0.39, 0.29) is 11.6 Å². The number of hydrogen-bond donors (Lipinski definition) is 0. The van der Waals surface area contributed by atoms with Crippen LogP contribution < -0.4 is 4.90 Å². The summed E-state index contributed by atoms with van der Waals surface area (Å²) in [4.78, 5) is 14.0. The highest BCUT2D eigenvalue weighted by molar-refractivity contribution is 5.96. The number of anilines is 1. The molecule has 0 heterocycles. The largest absolute Gasteiger partial charge is 0.374 e. The van der Waals surface area contributed by atoms with Crippen LogP contribution in [0.1, 0.15) is 22.3 Å². The number of carbonyl (C=O) groups excluding carboxylic acids is 1. The quantitative estimate of drug-likeness (QED) is 0.770. The molecule has 0 radical (unpaired) electrons. The van der Waals surface area contributed by atoms with Crippen LogP contribution in [0.15, 0.2) is 48.5 Å². The van der Waals surface area contributed by atoms with Crippen molar-refractivity contribution in [2.75, 3.05) is 18.5 Å². The van der Waals surface area contributed by atoms with Gasteiger partial charge in [-0.3, -0.25) is 4.79 Å². The molecular weight excluding hydrogens is 253 g/mol. The number of nitrogens with zero attached hydrogens (tertiary/aromatic N) is 1. The number of halogens is 1. The highest BCUT2D eigenvalue weighted by Crippen LogP contribution is 2.14. The summed E-state index contributed by atoms with van der Waals surface area (Å²) < 4.78 is 12.8. The van der Waals surface area contributed by atoms with Crippen molar-refractivity contribution < 1.29 is 9.18 Å². The van der Waals surface area contributed by atoms with Crippen LogP contribution in [0.25, 0.3) is 0 Å². The lowest BCUT2D eigenvalue weighted by atomic mass is 10.1. The third-order valence-corrected chi connectivity index (χ3v) is 3.32. The molecule has 2 rings (SSSR count). The summed E-state index contributed by atoms with van der Waals surface area (Å²) in [7, 11) is 1.90. The second kappa shape index (κ2) is 6.33. The second-order valence-corrected chi connectivity index (χ2v) is 4.94. The average Bonchev–Trinajstić information content (AvgIpc) is 2.46. The molecule has 2 aromatic rings. The maximum Gasteiger partial charge on any atom is 0.164 e. The van der Waals surface area contributed by atoms with Crippen molar-refractivity contribution in [3.63, 3.8) is 0 Å². The molecule has 0 aliphatic rings. The van der Waals surface area contributed by atoms with E-state index in [2.05, 4.69) is 0 Å². The Morgan fingerprint density at radius 2 is 1.65 bits per heavy atom. The van der Waals surface area contributed by atoms with E-state index in [9.17, 15) is 9.18 Å². The molecule has 3 heteroatoms. The third kappa shape index (κ3) is 3.67. The van der Waals surface area contributed by atoms with E-state index in [0.717, 1.165) is 16.8 Å². The summed E-state index contributed by atoms with van der Waals surface area (Å²) in [5, 5.41) is 0. The van der Waals surface area contributed by atoms with E-state index in [1.807, 2.05) is 43.1 Å². The van der Waals surface area contributed by atoms with Gasteiger partial charge >= 0.3 is 0 Å². The molecule has 2 aromatic carbocycles. The van der Waals surface area contributed by atoms with Crippen molar-refractivity contribution >= 4 is 11.5 Å². The summed E-state index contributed by atoms with van der Waals surface area (Å²) in [6, 6.07) is 13.9. The van der Waals surface area contributed by atoms with Crippen LogP contribution in [0, 0.1) is 12.7 Å². The lowest BCUT2D eigenvalue weighted by molar-refractivity contribution is 0.0985. The molecule has 0 atom stereocenters. The minimum absolute atomic E-state index is 0.124. The van der Waals surface area contributed by atoms with Crippen molar-refractivity contribution in [2.24, 2.45) is 0 Å². The Labute approximate surface area is 118 Å². The first kappa shape index (κ1) is 14.3. The third-order valence-electron chi connectivity index (χ3n) is 3.32. The van der Waals surface area contributed by atoms with Crippen LogP contribution in [0.2, 0.25) is 0 Å². The van der Waals surface area contributed by atoms with Gasteiger partial charge < -0.3 is 4.90 Å². The first-order valence-electron chi connectivity index (χ1n) is 6.63. The lowest BCUT2D eigenvalue weighted by Crippen LogP contribution is -2.21. The summed E-state index contributed by atoms with van der Waals surface area (Å²) in [5.74, 6) is -0.128. The van der Waals surface area contributed by atoms with Crippen LogP contribution in [0.5, 0.6) is 0 Å². The highest BCUT2D eigenvalue weighted by atomic mass is 19.1. The molecule has 2 nitrogen and oxygen atoms in total. The van der Waals surface area contributed by atoms with E-state index >= 15 is 0 Å². The van der Waals surface area contributed by atoms with Gasteiger partial charge in [0.25, 0.3) is 0 Å². The Kier molecular flexibility index (Phi) is 4.51. The molecule has 0 unspecified atom stereocenters. The van der Waals surface area contributed by atoms with E-state index in [1.165, 1.54) is 12.1 Å². The molecule has 0 bridgehead atoms. The number of aryl methyl sites for hydroxylation is 1. The molecule has 0 amide bonds. The van der Waals surface area contributed by atoms with E-state index in [1.54, 1.807) is 12.1 Å². The number of Topliss-reactive ketones (excluding diaryl/α,β-unsaturated/α-hetero) is 1. The fourth-order valence-corrected chi connectivity index (χ4v) is 1.98. The first-order chi connectivity index (χ1) is 9.56. The average molecular weight is 271 g/mol. The van der Waals surface area contributed by atoms with Gasteiger partial charge in [0.2, 0.25) is 0 Å². The molecule has 0 aliphatic carbocycles. The molecule has 0 fully saturated rings. The fraction of sp³-hybridized carbons (Fsp3) is 0.235. The van der Waals surface area contributed by atoms with Crippen molar-refractivity contribution in [3.05, 3.63) is 65.5 Å². The number of rotatable bonds is 5.